The van der Waals surface area contributed by atoms with E-state index in [-0.39, 0.29) is 46.9 Å². The molecule has 0 amide bonds. The van der Waals surface area contributed by atoms with Crippen molar-refractivity contribution in [3.63, 3.8) is 0 Å². The van der Waals surface area contributed by atoms with Gasteiger partial charge >= 0.3 is 5.97 Å². The molecule has 1 saturated carbocycles. The molecule has 1 fully saturated rings. The number of rotatable bonds is 8. The number of hydrogen-bond donors (Lipinski definition) is 1. The molecule has 32 heavy (non-hydrogen) atoms. The predicted molar refractivity (Wildman–Crippen MR) is 108 cm³/mol. The maximum Gasteiger partial charge on any atom is 0.342 e. The van der Waals surface area contributed by atoms with Crippen molar-refractivity contribution in [2.45, 2.75) is 39.5 Å². The Morgan fingerprint density at radius 1 is 1.22 bits per heavy atom. The zero-order chi connectivity index (χ0) is 23.0. The van der Waals surface area contributed by atoms with Crippen LogP contribution in [-0.4, -0.2) is 40.6 Å². The number of aryl methyl sites for hydroxylation is 1. The normalized spacial score (nSPS) is 14.9. The molecule has 0 atom stereocenters. The van der Waals surface area contributed by atoms with Crippen molar-refractivity contribution >= 4 is 17.0 Å². The van der Waals surface area contributed by atoms with Crippen molar-refractivity contribution in [2.75, 3.05) is 13.2 Å². The number of nitrogens with zero attached hydrogens (tertiary/aromatic N) is 2. The molecule has 1 aliphatic rings. The van der Waals surface area contributed by atoms with Crippen LogP contribution in [0.5, 0.6) is 5.75 Å². The van der Waals surface area contributed by atoms with Gasteiger partial charge in [0.05, 0.1) is 24.1 Å². The Labute approximate surface area is 181 Å². The van der Waals surface area contributed by atoms with Crippen molar-refractivity contribution in [2.24, 2.45) is 5.41 Å². The summed E-state index contributed by atoms with van der Waals surface area (Å²) in [5.74, 6) is -0.433. The first-order chi connectivity index (χ1) is 15.3. The molecule has 4 rings (SSSR count). The van der Waals surface area contributed by atoms with Crippen LogP contribution in [0.3, 0.4) is 0 Å². The van der Waals surface area contributed by atoms with E-state index in [1.54, 1.807) is 13.8 Å². The fourth-order valence-corrected chi connectivity index (χ4v) is 3.58. The van der Waals surface area contributed by atoms with Gasteiger partial charge in [-0.1, -0.05) is 0 Å². The second-order valence-electron chi connectivity index (χ2n) is 7.80. The van der Waals surface area contributed by atoms with Gasteiger partial charge in [-0.15, -0.1) is 0 Å². The highest BCUT2D eigenvalue weighted by atomic mass is 19.3. The van der Waals surface area contributed by atoms with Gasteiger partial charge in [0, 0.05) is 16.8 Å². The lowest BCUT2D eigenvalue weighted by Crippen LogP contribution is -2.21. The fourth-order valence-electron chi connectivity index (χ4n) is 3.58. The molecule has 0 spiro atoms. The quantitative estimate of drug-likeness (QED) is 0.363. The summed E-state index contributed by atoms with van der Waals surface area (Å²) in [7, 11) is 0. The van der Waals surface area contributed by atoms with Gasteiger partial charge in [0.15, 0.2) is 0 Å². The lowest BCUT2D eigenvalue weighted by Gasteiger charge is -2.18. The van der Waals surface area contributed by atoms with E-state index in [0.717, 1.165) is 0 Å². The monoisotopic (exact) mass is 451 g/mol. The highest BCUT2D eigenvalue weighted by molar-refractivity contribution is 6.07. The van der Waals surface area contributed by atoms with Crippen LogP contribution in [0.25, 0.3) is 22.3 Å². The molecule has 3 aromatic rings. The van der Waals surface area contributed by atoms with Crippen molar-refractivity contribution in [1.29, 1.82) is 0 Å². The minimum Gasteiger partial charge on any atom is -0.492 e. The first-order valence-electron chi connectivity index (χ1n) is 10.1. The second-order valence-corrected chi connectivity index (χ2v) is 7.80. The molecule has 0 bridgehead atoms. The van der Waals surface area contributed by atoms with Crippen LogP contribution in [0, 0.1) is 12.3 Å². The number of alkyl halides is 4. The summed E-state index contributed by atoms with van der Waals surface area (Å²) in [6, 6.07) is 3.73. The number of carbonyl (C=O) groups is 1. The third kappa shape index (κ3) is 3.89. The summed E-state index contributed by atoms with van der Waals surface area (Å²) >= 11 is 0. The molecule has 10 heteroatoms. The lowest BCUT2D eigenvalue weighted by atomic mass is 10.0. The Balaban J connectivity index is 1.82. The van der Waals surface area contributed by atoms with Gasteiger partial charge in [-0.25, -0.2) is 32.3 Å². The topological polar surface area (TPSA) is 77.1 Å². The van der Waals surface area contributed by atoms with E-state index in [9.17, 15) is 22.4 Å². The summed E-state index contributed by atoms with van der Waals surface area (Å²) in [5.41, 5.74) is 0.215. The van der Waals surface area contributed by atoms with E-state index in [4.69, 9.17) is 9.47 Å². The largest absolute Gasteiger partial charge is 0.492 e. The second kappa shape index (κ2) is 8.40. The van der Waals surface area contributed by atoms with Crippen LogP contribution >= 0.6 is 0 Å². The fraction of sp³-hybridized carbons (Fsp3) is 0.409. The smallest absolute Gasteiger partial charge is 0.342 e. The summed E-state index contributed by atoms with van der Waals surface area (Å²) in [4.78, 5) is 23.8. The molecule has 2 heterocycles. The first-order valence-corrected chi connectivity index (χ1v) is 10.1. The molecule has 170 valence electrons. The SMILES string of the molecule is CCOC(=O)c1c(C)[nH]c2c(-c3cc(C(F)F)ccc3OCC3(C(F)F)CC3)ncnc12. The maximum absolute atomic E-state index is 13.4. The number of benzene rings is 1. The van der Waals surface area contributed by atoms with Crippen molar-refractivity contribution < 1.29 is 31.8 Å². The van der Waals surface area contributed by atoms with Crippen LogP contribution in [0.1, 0.15) is 47.8 Å². The van der Waals surface area contributed by atoms with E-state index >= 15 is 0 Å². The van der Waals surface area contributed by atoms with Gasteiger partial charge in [-0.3, -0.25) is 0 Å². The molecule has 1 aliphatic carbocycles. The third-order valence-electron chi connectivity index (χ3n) is 5.63. The Morgan fingerprint density at radius 3 is 2.59 bits per heavy atom. The molecule has 0 unspecified atom stereocenters. The van der Waals surface area contributed by atoms with Crippen LogP contribution in [-0.2, 0) is 4.74 Å². The number of H-pyrrole nitrogens is 1. The number of carbonyl (C=O) groups excluding carboxylic acids is 1. The van der Waals surface area contributed by atoms with Crippen LogP contribution < -0.4 is 4.74 Å². The van der Waals surface area contributed by atoms with E-state index in [0.29, 0.717) is 24.1 Å². The van der Waals surface area contributed by atoms with Gasteiger partial charge < -0.3 is 14.5 Å². The predicted octanol–water partition coefficient (Wildman–Crippen LogP) is 5.47. The van der Waals surface area contributed by atoms with Crippen molar-refractivity contribution in [3.8, 4) is 17.0 Å². The van der Waals surface area contributed by atoms with Crippen molar-refractivity contribution in [1.82, 2.24) is 15.0 Å². The zero-order valence-electron chi connectivity index (χ0n) is 17.4. The molecule has 0 radical (unpaired) electrons. The van der Waals surface area contributed by atoms with Gasteiger partial charge in [0.2, 0.25) is 6.43 Å². The average molecular weight is 451 g/mol. The summed E-state index contributed by atoms with van der Waals surface area (Å²) in [6.45, 7) is 3.26. The number of hydrogen-bond acceptors (Lipinski definition) is 5. The molecule has 0 saturated heterocycles. The number of aromatic amines is 1. The standard InChI is InChI=1S/C22H21F4N3O3/c1-3-31-20(30)15-11(2)29-18-16(27-10-28-17(15)18)13-8-12(19(23)24)4-5-14(13)32-9-22(6-7-22)21(25)26/h4-5,8,10,19,21,29H,3,6-7,9H2,1-2H3. The summed E-state index contributed by atoms with van der Waals surface area (Å²) in [5, 5.41) is 0. The number of nitrogens with one attached hydrogen (secondary N) is 1. The van der Waals surface area contributed by atoms with E-state index < -0.39 is 24.2 Å². The first kappa shape index (κ1) is 22.0. The molecule has 1 aromatic carbocycles. The molecular formula is C22H21F4N3O3. The third-order valence-corrected chi connectivity index (χ3v) is 5.63. The zero-order valence-corrected chi connectivity index (χ0v) is 17.4. The van der Waals surface area contributed by atoms with Crippen LogP contribution in [0.4, 0.5) is 17.6 Å². The minimum absolute atomic E-state index is 0.145. The number of aromatic nitrogens is 3. The van der Waals surface area contributed by atoms with E-state index in [1.807, 2.05) is 0 Å². The van der Waals surface area contributed by atoms with E-state index in [2.05, 4.69) is 15.0 Å². The van der Waals surface area contributed by atoms with E-state index in [1.165, 1.54) is 24.5 Å². The van der Waals surface area contributed by atoms with Gasteiger partial charge in [0.25, 0.3) is 6.43 Å². The molecule has 6 nitrogen and oxygen atoms in total. The number of ether oxygens (including phenoxy) is 2. The lowest BCUT2D eigenvalue weighted by molar-refractivity contribution is 0.0317. The van der Waals surface area contributed by atoms with Crippen LogP contribution in [0.2, 0.25) is 0 Å². The molecular weight excluding hydrogens is 430 g/mol. The number of halogens is 4. The highest BCUT2D eigenvalue weighted by Crippen LogP contribution is 2.51. The summed E-state index contributed by atoms with van der Waals surface area (Å²) < 4.78 is 64.2. The molecule has 2 aromatic heterocycles. The highest BCUT2D eigenvalue weighted by Gasteiger charge is 2.52. The maximum atomic E-state index is 13.4. The number of esters is 1. The Bertz CT molecular complexity index is 1160. The molecule has 0 aliphatic heterocycles. The van der Waals surface area contributed by atoms with Crippen molar-refractivity contribution in [3.05, 3.63) is 41.3 Å². The minimum atomic E-state index is -2.75. The average Bonchev–Trinajstić information content (AvgIpc) is 3.47. The Hall–Kier alpha value is -3.17. The van der Waals surface area contributed by atoms with Gasteiger partial charge in [-0.2, -0.15) is 0 Å². The van der Waals surface area contributed by atoms with Gasteiger partial charge in [-0.05, 0) is 44.9 Å². The van der Waals surface area contributed by atoms with Crippen LogP contribution in [0.15, 0.2) is 24.5 Å². The molecule has 1 N–H and O–H groups in total. The van der Waals surface area contributed by atoms with Gasteiger partial charge in [0.1, 0.15) is 28.9 Å². The number of fused-ring (bicyclic) bond motifs is 1. The Kier molecular flexibility index (Phi) is 5.79. The summed E-state index contributed by atoms with van der Waals surface area (Å²) in [6.07, 6.45) is -3.41. The Morgan fingerprint density at radius 2 is 1.97 bits per heavy atom.